The van der Waals surface area contributed by atoms with E-state index in [1.165, 1.54) is 12.4 Å². The highest BCUT2D eigenvalue weighted by Gasteiger charge is 2.28. The summed E-state index contributed by atoms with van der Waals surface area (Å²) in [7, 11) is 12.3. The van der Waals surface area contributed by atoms with Gasteiger partial charge in [0.1, 0.15) is 35.6 Å². The Bertz CT molecular complexity index is 3030. The van der Waals surface area contributed by atoms with Gasteiger partial charge in [0, 0.05) is 66.3 Å². The summed E-state index contributed by atoms with van der Waals surface area (Å²) < 4.78 is 32.9. The van der Waals surface area contributed by atoms with Crippen molar-refractivity contribution in [2.45, 2.75) is 85.4 Å². The summed E-state index contributed by atoms with van der Waals surface area (Å²) >= 11 is 0. The van der Waals surface area contributed by atoms with E-state index in [0.717, 1.165) is 28.1 Å². The molecular formula is C59H85ClN16O9. The maximum atomic E-state index is 9.54. The van der Waals surface area contributed by atoms with Crippen LogP contribution in [0.15, 0.2) is 116 Å². The zero-order valence-electron chi connectivity index (χ0n) is 50.9. The number of aromatic nitrogens is 5. The Morgan fingerprint density at radius 3 is 1.45 bits per heavy atom. The molecule has 26 heteroatoms. The average Bonchev–Trinajstić information content (AvgIpc) is 3.26. The normalized spacial score (nSPS) is 10.2. The van der Waals surface area contributed by atoms with Crippen molar-refractivity contribution in [1.82, 2.24) is 34.7 Å². The molecular weight excluding hydrogens is 1110 g/mol. The molecule has 4 heterocycles. The minimum atomic E-state index is -0.630. The van der Waals surface area contributed by atoms with Gasteiger partial charge in [-0.05, 0) is 84.1 Å². The highest BCUT2D eigenvalue weighted by molar-refractivity contribution is 5.85. The molecule has 0 spiro atoms. The van der Waals surface area contributed by atoms with Crippen molar-refractivity contribution in [2.75, 3.05) is 72.0 Å². The minimum absolute atomic E-state index is 0. The van der Waals surface area contributed by atoms with Crippen LogP contribution in [0.5, 0.6) is 40.6 Å². The average molecular weight is 1200 g/mol. The van der Waals surface area contributed by atoms with Gasteiger partial charge < -0.3 is 67.3 Å². The maximum absolute atomic E-state index is 9.54. The van der Waals surface area contributed by atoms with E-state index in [1.807, 2.05) is 146 Å². The van der Waals surface area contributed by atoms with E-state index >= 15 is 0 Å². The predicted molar refractivity (Wildman–Crippen MR) is 336 cm³/mol. The Hall–Kier alpha value is -9.84. The number of pyridine rings is 3. The maximum Gasteiger partial charge on any atom is 0.330 e. The number of nitriles is 2. The molecule has 0 aliphatic carbocycles. The lowest BCUT2D eigenvalue weighted by Gasteiger charge is -2.34. The van der Waals surface area contributed by atoms with Crippen molar-refractivity contribution < 1.29 is 44.8 Å². The fourth-order valence-corrected chi connectivity index (χ4v) is 6.43. The number of hydrogen-bond donors (Lipinski definition) is 8. The van der Waals surface area contributed by atoms with Crippen LogP contribution in [0, 0.1) is 39.9 Å². The molecule has 0 saturated carbocycles. The third-order valence-corrected chi connectivity index (χ3v) is 10.4. The first-order chi connectivity index (χ1) is 39.9. The largest absolute Gasteiger partial charge is 0.481 e. The highest BCUT2D eigenvalue weighted by Crippen LogP contribution is 2.35. The molecule has 6 rings (SSSR count). The van der Waals surface area contributed by atoms with Gasteiger partial charge in [-0.2, -0.15) is 15.5 Å². The number of allylic oxidation sites excluding steroid dienone is 1. The Morgan fingerprint density at radius 2 is 1.09 bits per heavy atom. The third-order valence-electron chi connectivity index (χ3n) is 10.4. The summed E-state index contributed by atoms with van der Waals surface area (Å²) in [5.74, 6) is 9.69. The Labute approximate surface area is 507 Å². The summed E-state index contributed by atoms with van der Waals surface area (Å²) in [6.45, 7) is 15.8. The zero-order chi connectivity index (χ0) is 63.7. The van der Waals surface area contributed by atoms with Crippen LogP contribution in [0.2, 0.25) is 0 Å². The second-order valence-corrected chi connectivity index (χ2v) is 18.1. The molecule has 1 atom stereocenters. The molecule has 0 radical (unpaired) electrons. The van der Waals surface area contributed by atoms with Crippen molar-refractivity contribution in [3.63, 3.8) is 0 Å². The lowest BCUT2D eigenvalue weighted by molar-refractivity contribution is -0.217. The molecule has 85 heavy (non-hydrogen) atoms. The number of anilines is 4. The van der Waals surface area contributed by atoms with Gasteiger partial charge in [-0.3, -0.25) is 20.0 Å². The third kappa shape index (κ3) is 31.3. The number of hydrogen-bond acceptors (Lipinski definition) is 23. The van der Waals surface area contributed by atoms with Gasteiger partial charge in [-0.1, -0.05) is 77.9 Å². The molecule has 4 aromatic heterocycles. The number of ether oxygens (including phenoxy) is 6. The van der Waals surface area contributed by atoms with Crippen molar-refractivity contribution in [3.8, 4) is 64.6 Å². The van der Waals surface area contributed by atoms with Gasteiger partial charge in [0.15, 0.2) is 17.5 Å². The Morgan fingerprint density at radius 1 is 0.682 bits per heavy atom. The molecule has 13 N–H and O–H groups in total. The fraction of sp³-hybridized carbons (Fsp3) is 0.339. The number of para-hydroxylation sites is 2. The molecule has 0 aliphatic heterocycles. The van der Waals surface area contributed by atoms with Crippen LogP contribution in [0.25, 0.3) is 0 Å². The number of carbonyl (C=O) groups is 1. The van der Waals surface area contributed by atoms with Crippen LogP contribution in [-0.2, 0) is 9.68 Å². The van der Waals surface area contributed by atoms with Gasteiger partial charge >= 0.3 is 6.47 Å². The summed E-state index contributed by atoms with van der Waals surface area (Å²) in [4.78, 5) is 35.8. The molecule has 2 aromatic carbocycles. The standard InChI is InChI=1S/C18H19N3O2.C16H26N4O2.C13H17N5O2.C6H7N.C4H6.CH5N3.CH2O3.ClH.H2/c1-13(2)16-12-21-18(22-3)9-17(16)23-15(10-19)11-20-14-7-5-4-6-8-14;1-11(2)12-10-18-15(21-7)8-13(12)22-14(9-17)16(19(3)4)20(5)6;1-7(2)8-5-16-11(19-3)4-9(8)20-10-6-17-13(15)18-12(10)14;7-6-4-2-1-3-5-6;1-3-4-2;2-1(3)4;2-1-4-3;;/h4-9,11-13,20H,1-3H3;8,10-11,14,16H,1-7H3;4-7H,1-3H3,(H4,14,15,17,18);1-5H,7H2;1-2H3;(H5,2,3,4);1,3H;2*1H/b15-11+;;;;;;;;. The van der Waals surface area contributed by atoms with Crippen LogP contribution < -0.4 is 62.4 Å². The molecule has 1 unspecified atom stereocenters. The number of benzene rings is 2. The highest BCUT2D eigenvalue weighted by atomic mass is 35.5. The second kappa shape index (κ2) is 43.8. The van der Waals surface area contributed by atoms with E-state index < -0.39 is 6.10 Å². The molecule has 0 amide bonds. The lowest BCUT2D eigenvalue weighted by atomic mass is 10.0. The van der Waals surface area contributed by atoms with Gasteiger partial charge in [0.25, 0.3) is 0 Å². The van der Waals surface area contributed by atoms with E-state index in [9.17, 15) is 10.5 Å². The number of nitrogen functional groups attached to an aromatic ring is 3. The number of methoxy groups -OCH3 is 3. The van der Waals surface area contributed by atoms with E-state index in [2.05, 4.69) is 78.3 Å². The second-order valence-electron chi connectivity index (χ2n) is 18.1. The first kappa shape index (κ1) is 77.2. The quantitative estimate of drug-likeness (QED) is 0.00379. The van der Waals surface area contributed by atoms with E-state index in [1.54, 1.807) is 58.1 Å². The summed E-state index contributed by atoms with van der Waals surface area (Å²) in [6.07, 6.45) is 7.35. The Kier molecular flexibility index (Phi) is 39.8. The van der Waals surface area contributed by atoms with Crippen molar-refractivity contribution in [2.24, 2.45) is 11.5 Å². The first-order valence-corrected chi connectivity index (χ1v) is 25.6. The first-order valence-electron chi connectivity index (χ1n) is 25.6. The summed E-state index contributed by atoms with van der Waals surface area (Å²) in [6, 6.07) is 28.5. The molecule has 6 aromatic rings. The number of nitrogens with zero attached hydrogens (tertiary/aromatic N) is 9. The van der Waals surface area contributed by atoms with Crippen molar-refractivity contribution in [1.29, 1.82) is 15.9 Å². The zero-order valence-corrected chi connectivity index (χ0v) is 51.7. The van der Waals surface area contributed by atoms with E-state index in [4.69, 9.17) is 61.1 Å². The van der Waals surface area contributed by atoms with Crippen LogP contribution >= 0.6 is 12.4 Å². The van der Waals surface area contributed by atoms with Crippen LogP contribution in [0.1, 0.15) is 91.3 Å². The monoisotopic (exact) mass is 1200 g/mol. The van der Waals surface area contributed by atoms with Gasteiger partial charge in [0.05, 0.1) is 33.7 Å². The molecule has 25 nitrogen and oxygen atoms in total. The molecule has 0 fully saturated rings. The number of guanidine groups is 1. The van der Waals surface area contributed by atoms with E-state index in [-0.39, 0.29) is 67.7 Å². The minimum Gasteiger partial charge on any atom is -0.481 e. The van der Waals surface area contributed by atoms with Gasteiger partial charge in [-0.15, -0.1) is 24.2 Å². The lowest BCUT2D eigenvalue weighted by Crippen LogP contribution is -2.50. The number of nitrogens with two attached hydrogens (primary N) is 5. The van der Waals surface area contributed by atoms with Crippen molar-refractivity contribution in [3.05, 3.63) is 132 Å². The van der Waals surface area contributed by atoms with Crippen LogP contribution in [-0.4, -0.2) is 114 Å². The van der Waals surface area contributed by atoms with Gasteiger partial charge in [0.2, 0.25) is 35.5 Å². The Balaban J connectivity index is -0.00000103. The molecule has 0 bridgehead atoms. The SMILES string of the molecule is CC#CC.COc1cc(O/C(C#N)=C/Nc2ccccc2)c(C(C)C)cn1.COc1cc(OC(C#N)C(N(C)C)N(C)C)c(C(C)C)cn1.COc1cc(Oc2cnc(N)nc2N)c(C(C)C)cn1.Cl.N=C(N)N.Nc1ccccc1.O=COO.[HH]. The topological polar surface area (TPSA) is 386 Å². The number of likely N-dealkylation sites (N-methyl/N-ethyl adjacent to an activating group) is 2. The van der Waals surface area contributed by atoms with Crippen LogP contribution in [0.4, 0.5) is 23.1 Å². The predicted octanol–water partition coefficient (Wildman–Crippen LogP) is 9.40. The van der Waals surface area contributed by atoms with Gasteiger partial charge in [-0.25, -0.2) is 25.2 Å². The number of carbonyl (C=O) groups excluding carboxylic acids is 1. The number of nitrogens with one attached hydrogen (secondary N) is 2. The number of halogens is 1. The molecule has 462 valence electrons. The van der Waals surface area contributed by atoms with E-state index in [0.29, 0.717) is 40.6 Å². The number of rotatable bonds is 18. The molecule has 0 aliphatic rings. The van der Waals surface area contributed by atoms with Crippen LogP contribution in [0.3, 0.4) is 0 Å². The smallest absolute Gasteiger partial charge is 0.330 e. The summed E-state index contributed by atoms with van der Waals surface area (Å²) in [5, 5.41) is 34.9. The van der Waals surface area contributed by atoms with Crippen molar-refractivity contribution >= 4 is 48.0 Å². The fourth-order valence-electron chi connectivity index (χ4n) is 6.43. The summed E-state index contributed by atoms with van der Waals surface area (Å²) in [5.41, 5.74) is 30.0. The molecule has 0 saturated heterocycles.